The maximum absolute atomic E-state index is 10.7. The fourth-order valence-corrected chi connectivity index (χ4v) is 0.437. The minimum absolute atomic E-state index is 0.0439. The summed E-state index contributed by atoms with van der Waals surface area (Å²) in [6, 6.07) is 0. The first-order chi connectivity index (χ1) is 4.54. The maximum Gasteiger partial charge on any atom is 0.136 e. The predicted molar refractivity (Wildman–Crippen MR) is 42.7 cm³/mol. The lowest BCUT2D eigenvalue weighted by Crippen LogP contribution is -2.06. The molecule has 0 aliphatic carbocycles. The van der Waals surface area contributed by atoms with Crippen LogP contribution in [-0.4, -0.2) is 24.8 Å². The molecule has 0 N–H and O–H groups in total. The minimum atomic E-state index is 0.0439. The molecule has 0 saturated carbocycles. The predicted octanol–water partition coefficient (Wildman–Crippen LogP) is 1.29. The van der Waals surface area contributed by atoms with E-state index in [1.54, 1.807) is 6.92 Å². The van der Waals surface area contributed by atoms with Crippen LogP contribution in [0.1, 0.15) is 13.8 Å². The molecule has 0 aromatic carbocycles. The number of hydrogen-bond donors (Lipinski definition) is 0. The molecule has 0 rings (SSSR count). The third-order valence-electron chi connectivity index (χ3n) is 1.31. The van der Waals surface area contributed by atoms with Crippen molar-refractivity contribution < 1.29 is 4.79 Å². The van der Waals surface area contributed by atoms with E-state index in [4.69, 9.17) is 0 Å². The second-order valence-corrected chi connectivity index (χ2v) is 2.70. The Morgan fingerprint density at radius 1 is 1.50 bits per heavy atom. The molecule has 2 nitrogen and oxygen atoms in total. The van der Waals surface area contributed by atoms with Crippen molar-refractivity contribution in [2.24, 2.45) is 5.92 Å². The van der Waals surface area contributed by atoms with Gasteiger partial charge in [-0.1, -0.05) is 13.0 Å². The zero-order valence-corrected chi connectivity index (χ0v) is 7.09. The van der Waals surface area contributed by atoms with Gasteiger partial charge in [-0.2, -0.15) is 0 Å². The van der Waals surface area contributed by atoms with Crippen LogP contribution in [0.3, 0.4) is 0 Å². The maximum atomic E-state index is 10.7. The molecule has 0 radical (unpaired) electrons. The summed E-state index contributed by atoms with van der Waals surface area (Å²) in [5.41, 5.74) is 0. The fourth-order valence-electron chi connectivity index (χ4n) is 0.437. The summed E-state index contributed by atoms with van der Waals surface area (Å²) in [5, 5.41) is 0. The average molecular weight is 141 g/mol. The Morgan fingerprint density at radius 3 is 2.30 bits per heavy atom. The van der Waals surface area contributed by atoms with Crippen LogP contribution in [-0.2, 0) is 4.79 Å². The van der Waals surface area contributed by atoms with Crippen molar-refractivity contribution in [2.75, 3.05) is 14.1 Å². The number of carbonyl (C=O) groups is 1. The van der Waals surface area contributed by atoms with E-state index >= 15 is 0 Å². The second kappa shape index (κ2) is 4.09. The van der Waals surface area contributed by atoms with E-state index < -0.39 is 0 Å². The second-order valence-electron chi connectivity index (χ2n) is 2.70. The van der Waals surface area contributed by atoms with E-state index in [2.05, 4.69) is 0 Å². The minimum Gasteiger partial charge on any atom is -0.384 e. The summed E-state index contributed by atoms with van der Waals surface area (Å²) in [6.45, 7) is 3.49. The monoisotopic (exact) mass is 141 g/mol. The molecule has 0 spiro atoms. The molecule has 0 bridgehead atoms. The molecule has 0 unspecified atom stereocenters. The Labute approximate surface area is 62.5 Å². The Bertz CT molecular complexity index is 138. The first-order valence-electron chi connectivity index (χ1n) is 3.39. The van der Waals surface area contributed by atoms with Crippen LogP contribution in [0.2, 0.25) is 0 Å². The van der Waals surface area contributed by atoms with E-state index in [1.807, 2.05) is 38.2 Å². The van der Waals surface area contributed by atoms with Crippen molar-refractivity contribution in [1.29, 1.82) is 0 Å². The largest absolute Gasteiger partial charge is 0.384 e. The van der Waals surface area contributed by atoms with Gasteiger partial charge in [0, 0.05) is 20.0 Å². The normalized spacial score (nSPS) is 13.6. The molecule has 0 aliphatic rings. The number of nitrogens with zero attached hydrogens (tertiary/aromatic N) is 1. The van der Waals surface area contributed by atoms with Crippen molar-refractivity contribution >= 4 is 5.78 Å². The Morgan fingerprint density at radius 2 is 2.00 bits per heavy atom. The lowest BCUT2D eigenvalue weighted by atomic mass is 10.1. The van der Waals surface area contributed by atoms with Crippen molar-refractivity contribution in [1.82, 2.24) is 4.90 Å². The summed E-state index contributed by atoms with van der Waals surface area (Å²) >= 11 is 0. The molecule has 0 aromatic rings. The third-order valence-corrected chi connectivity index (χ3v) is 1.31. The van der Waals surface area contributed by atoms with Gasteiger partial charge in [0.2, 0.25) is 0 Å². The summed E-state index contributed by atoms with van der Waals surface area (Å²) < 4.78 is 0. The summed E-state index contributed by atoms with van der Waals surface area (Å²) in [5.74, 6) is 0.250. The molecule has 0 amide bonds. The zero-order valence-electron chi connectivity index (χ0n) is 7.09. The molecule has 0 aliphatic heterocycles. The Balaban J connectivity index is 3.77. The van der Waals surface area contributed by atoms with Crippen LogP contribution >= 0.6 is 0 Å². The van der Waals surface area contributed by atoms with Gasteiger partial charge in [-0.15, -0.1) is 0 Å². The van der Waals surface area contributed by atoms with Crippen LogP contribution in [0, 0.1) is 5.92 Å². The molecule has 1 atom stereocenters. The summed E-state index contributed by atoms with van der Waals surface area (Å²) in [4.78, 5) is 12.6. The van der Waals surface area contributed by atoms with E-state index in [9.17, 15) is 4.79 Å². The van der Waals surface area contributed by atoms with Crippen molar-refractivity contribution in [3.63, 3.8) is 0 Å². The van der Waals surface area contributed by atoms with Crippen molar-refractivity contribution in [2.45, 2.75) is 13.8 Å². The first-order valence-corrected chi connectivity index (χ1v) is 3.39. The van der Waals surface area contributed by atoms with Gasteiger partial charge in [0.15, 0.2) is 0 Å². The van der Waals surface area contributed by atoms with Crippen molar-refractivity contribution in [3.8, 4) is 0 Å². The zero-order chi connectivity index (χ0) is 8.15. The average Bonchev–Trinajstić information content (AvgIpc) is 1.82. The number of carbonyl (C=O) groups excluding carboxylic acids is 1. The van der Waals surface area contributed by atoms with Gasteiger partial charge in [-0.3, -0.25) is 4.79 Å². The fraction of sp³-hybridized carbons (Fsp3) is 0.625. The smallest absolute Gasteiger partial charge is 0.136 e. The highest BCUT2D eigenvalue weighted by molar-refractivity contribution is 5.79. The van der Waals surface area contributed by atoms with Crippen LogP contribution in [0.15, 0.2) is 12.3 Å². The molecular formula is C8H15NO. The highest BCUT2D eigenvalue weighted by Crippen LogP contribution is 1.97. The van der Waals surface area contributed by atoms with Gasteiger partial charge >= 0.3 is 0 Å². The van der Waals surface area contributed by atoms with Crippen LogP contribution in [0.5, 0.6) is 0 Å². The number of rotatable bonds is 3. The van der Waals surface area contributed by atoms with Crippen LogP contribution < -0.4 is 0 Å². The number of Topliss-reactive ketones (excluding diaryl/α,β-unsaturated/α-hetero) is 1. The lowest BCUT2D eigenvalue weighted by molar-refractivity contribution is -0.118. The summed E-state index contributed by atoms with van der Waals surface area (Å²) in [7, 11) is 3.87. The quantitative estimate of drug-likeness (QED) is 0.590. The van der Waals surface area contributed by atoms with Gasteiger partial charge in [-0.25, -0.2) is 0 Å². The number of hydrogen-bond acceptors (Lipinski definition) is 2. The van der Waals surface area contributed by atoms with E-state index in [0.717, 1.165) is 0 Å². The molecule has 0 aromatic heterocycles. The van der Waals surface area contributed by atoms with Crippen molar-refractivity contribution in [3.05, 3.63) is 12.3 Å². The SMILES string of the molecule is CC(=O)[C@@H](C)/C=C/N(C)C. The van der Waals surface area contributed by atoms with Gasteiger partial charge in [0.1, 0.15) is 5.78 Å². The third kappa shape index (κ3) is 4.13. The molecule has 0 fully saturated rings. The topological polar surface area (TPSA) is 20.3 Å². The number of ketones is 1. The van der Waals surface area contributed by atoms with Gasteiger partial charge in [0.05, 0.1) is 0 Å². The molecule has 10 heavy (non-hydrogen) atoms. The van der Waals surface area contributed by atoms with E-state index in [0.29, 0.717) is 0 Å². The van der Waals surface area contributed by atoms with Crippen LogP contribution in [0.4, 0.5) is 0 Å². The standard InChI is InChI=1S/C8H15NO/c1-7(8(2)10)5-6-9(3)4/h5-7H,1-4H3/b6-5+/t7-/m0/s1. The highest BCUT2D eigenvalue weighted by Gasteiger charge is 2.00. The number of allylic oxidation sites excluding steroid dienone is 1. The Kier molecular flexibility index (Phi) is 3.77. The van der Waals surface area contributed by atoms with E-state index in [-0.39, 0.29) is 11.7 Å². The molecular weight excluding hydrogens is 126 g/mol. The van der Waals surface area contributed by atoms with Gasteiger partial charge < -0.3 is 4.90 Å². The Hall–Kier alpha value is -0.790. The summed E-state index contributed by atoms with van der Waals surface area (Å²) in [6.07, 6.45) is 3.79. The van der Waals surface area contributed by atoms with Crippen LogP contribution in [0.25, 0.3) is 0 Å². The molecule has 0 saturated heterocycles. The highest BCUT2D eigenvalue weighted by atomic mass is 16.1. The van der Waals surface area contributed by atoms with E-state index in [1.165, 1.54) is 0 Å². The molecule has 2 heteroatoms. The first kappa shape index (κ1) is 9.21. The lowest BCUT2D eigenvalue weighted by Gasteiger charge is -2.05. The molecule has 58 valence electrons. The van der Waals surface area contributed by atoms with Gasteiger partial charge in [0.25, 0.3) is 0 Å². The van der Waals surface area contributed by atoms with Gasteiger partial charge in [-0.05, 0) is 13.1 Å². The molecule has 0 heterocycles.